The van der Waals surface area contributed by atoms with Gasteiger partial charge in [-0.05, 0) is 13.3 Å². The molecule has 0 aromatic rings. The van der Waals surface area contributed by atoms with Crippen molar-refractivity contribution in [3.63, 3.8) is 0 Å². The fraction of sp³-hybridized carbons (Fsp3) is 0.700. The highest BCUT2D eigenvalue weighted by Gasteiger charge is 2.23. The highest BCUT2D eigenvalue weighted by molar-refractivity contribution is 5.85. The van der Waals surface area contributed by atoms with Gasteiger partial charge in [-0.2, -0.15) is 0 Å². The molecule has 4 N–H and O–H groups in total. The van der Waals surface area contributed by atoms with E-state index in [4.69, 9.17) is 15.9 Å². The number of amides is 3. The van der Waals surface area contributed by atoms with Gasteiger partial charge >= 0.3 is 12.0 Å². The van der Waals surface area contributed by atoms with Crippen molar-refractivity contribution >= 4 is 17.9 Å². The lowest BCUT2D eigenvalue weighted by molar-refractivity contribution is -0.138. The summed E-state index contributed by atoms with van der Waals surface area (Å²) in [7, 11) is 0. The molecular formula is C10H19N3O5. The fourth-order valence-electron chi connectivity index (χ4n) is 1.39. The van der Waals surface area contributed by atoms with Crippen LogP contribution >= 0.6 is 0 Å². The Hall–Kier alpha value is -1.83. The van der Waals surface area contributed by atoms with Gasteiger partial charge in [0.1, 0.15) is 13.1 Å². The third kappa shape index (κ3) is 6.04. The van der Waals surface area contributed by atoms with E-state index in [-0.39, 0.29) is 6.61 Å². The zero-order chi connectivity index (χ0) is 14.1. The molecule has 0 saturated carbocycles. The largest absolute Gasteiger partial charge is 0.480 e. The number of hydrogen-bond donors (Lipinski definition) is 3. The summed E-state index contributed by atoms with van der Waals surface area (Å²) in [6, 6.07) is -0.577. The Morgan fingerprint density at radius 2 is 1.78 bits per heavy atom. The summed E-state index contributed by atoms with van der Waals surface area (Å²) in [5.74, 6) is -1.99. The molecule has 0 spiro atoms. The predicted molar refractivity (Wildman–Crippen MR) is 62.7 cm³/mol. The lowest BCUT2D eigenvalue weighted by Gasteiger charge is -2.28. The van der Waals surface area contributed by atoms with Crippen molar-refractivity contribution in [3.8, 4) is 0 Å². The second kappa shape index (κ2) is 8.29. The van der Waals surface area contributed by atoms with E-state index >= 15 is 0 Å². The first-order valence-corrected chi connectivity index (χ1v) is 5.57. The van der Waals surface area contributed by atoms with Gasteiger partial charge in [0.05, 0.1) is 0 Å². The summed E-state index contributed by atoms with van der Waals surface area (Å²) in [5, 5.41) is 17.4. The molecule has 104 valence electrons. The van der Waals surface area contributed by atoms with Gasteiger partial charge in [0.15, 0.2) is 0 Å². The van der Waals surface area contributed by atoms with E-state index in [1.165, 1.54) is 4.90 Å². The van der Waals surface area contributed by atoms with Crippen LogP contribution in [0.25, 0.3) is 0 Å². The van der Waals surface area contributed by atoms with Crippen molar-refractivity contribution in [3.05, 3.63) is 0 Å². The highest BCUT2D eigenvalue weighted by atomic mass is 16.4. The van der Waals surface area contributed by atoms with Gasteiger partial charge in [-0.25, -0.2) is 4.79 Å². The molecule has 0 aromatic heterocycles. The number of carboxylic acids is 1. The predicted octanol–water partition coefficient (Wildman–Crippen LogP) is -1.32. The number of aliphatic hydroxyl groups excluding tert-OH is 1. The summed E-state index contributed by atoms with van der Waals surface area (Å²) in [6.45, 7) is 1.27. The number of carboxylic acid groups (broad SMARTS) is 1. The van der Waals surface area contributed by atoms with Gasteiger partial charge in [0, 0.05) is 19.7 Å². The number of rotatable bonds is 8. The van der Waals surface area contributed by atoms with Crippen LogP contribution in [0.2, 0.25) is 0 Å². The smallest absolute Gasteiger partial charge is 0.323 e. The Morgan fingerprint density at radius 1 is 1.17 bits per heavy atom. The molecule has 0 aliphatic heterocycles. The summed E-state index contributed by atoms with van der Waals surface area (Å²) >= 11 is 0. The number of carbonyl (C=O) groups is 3. The third-order valence-electron chi connectivity index (χ3n) is 2.18. The fourth-order valence-corrected chi connectivity index (χ4v) is 1.39. The van der Waals surface area contributed by atoms with Crippen LogP contribution in [0.1, 0.15) is 13.3 Å². The van der Waals surface area contributed by atoms with E-state index in [1.54, 1.807) is 6.92 Å². The minimum Gasteiger partial charge on any atom is -0.480 e. The Kier molecular flexibility index (Phi) is 7.45. The summed E-state index contributed by atoms with van der Waals surface area (Å²) < 4.78 is 0. The van der Waals surface area contributed by atoms with Crippen LogP contribution in [0, 0.1) is 0 Å². The lowest BCUT2D eigenvalue weighted by Crippen LogP contribution is -2.48. The van der Waals surface area contributed by atoms with Crippen molar-refractivity contribution in [2.45, 2.75) is 13.3 Å². The Labute approximate surface area is 105 Å². The molecule has 0 bridgehead atoms. The van der Waals surface area contributed by atoms with Crippen LogP contribution in [0.5, 0.6) is 0 Å². The Balaban J connectivity index is 4.67. The van der Waals surface area contributed by atoms with E-state index in [1.807, 2.05) is 0 Å². The molecule has 0 atom stereocenters. The molecule has 0 aliphatic carbocycles. The van der Waals surface area contributed by atoms with Crippen LogP contribution in [-0.2, 0) is 9.59 Å². The second-order valence-electron chi connectivity index (χ2n) is 3.66. The number of hydrogen-bond acceptors (Lipinski definition) is 4. The maximum Gasteiger partial charge on any atom is 0.323 e. The standard InChI is InChI=1S/C10H19N3O5/c1-2-12(4-3-5-14)10(18)13(6-8(11)15)7-9(16)17/h14H,2-7H2,1H3,(H2,11,15)(H,16,17). The van der Waals surface area contributed by atoms with Gasteiger partial charge in [-0.1, -0.05) is 0 Å². The quantitative estimate of drug-likeness (QED) is 0.500. The second-order valence-corrected chi connectivity index (χ2v) is 3.66. The summed E-state index contributed by atoms with van der Waals surface area (Å²) in [5.41, 5.74) is 4.96. The molecule has 0 aromatic carbocycles. The summed E-state index contributed by atoms with van der Waals surface area (Å²) in [6.07, 6.45) is 0.386. The van der Waals surface area contributed by atoms with Crippen molar-refractivity contribution in [2.24, 2.45) is 5.73 Å². The number of aliphatic hydroxyl groups is 1. The van der Waals surface area contributed by atoms with Crippen molar-refractivity contribution < 1.29 is 24.6 Å². The van der Waals surface area contributed by atoms with Gasteiger partial charge in [0.25, 0.3) is 0 Å². The van der Waals surface area contributed by atoms with E-state index in [2.05, 4.69) is 0 Å². The SMILES string of the molecule is CCN(CCCO)C(=O)N(CC(N)=O)CC(=O)O. The van der Waals surface area contributed by atoms with Gasteiger partial charge in [0.2, 0.25) is 5.91 Å². The Morgan fingerprint density at radius 3 is 2.17 bits per heavy atom. The third-order valence-corrected chi connectivity index (χ3v) is 2.18. The average Bonchev–Trinajstić information content (AvgIpc) is 2.27. The number of primary amides is 1. The van der Waals surface area contributed by atoms with Gasteiger partial charge < -0.3 is 25.7 Å². The van der Waals surface area contributed by atoms with Crippen LogP contribution in [0.4, 0.5) is 4.79 Å². The topological polar surface area (TPSA) is 124 Å². The number of carbonyl (C=O) groups excluding carboxylic acids is 2. The Bertz CT molecular complexity index is 292. The van der Waals surface area contributed by atoms with E-state index in [9.17, 15) is 14.4 Å². The number of urea groups is 1. The molecule has 8 heteroatoms. The monoisotopic (exact) mass is 261 g/mol. The van der Waals surface area contributed by atoms with Crippen LogP contribution < -0.4 is 5.73 Å². The molecule has 0 heterocycles. The molecular weight excluding hydrogens is 242 g/mol. The molecule has 0 radical (unpaired) electrons. The first-order valence-electron chi connectivity index (χ1n) is 5.57. The maximum atomic E-state index is 12.0. The van der Waals surface area contributed by atoms with Gasteiger partial charge in [-0.15, -0.1) is 0 Å². The van der Waals surface area contributed by atoms with E-state index in [0.717, 1.165) is 4.90 Å². The van der Waals surface area contributed by atoms with Gasteiger partial charge in [-0.3, -0.25) is 9.59 Å². The zero-order valence-electron chi connectivity index (χ0n) is 10.3. The van der Waals surface area contributed by atoms with Crippen molar-refractivity contribution in [1.29, 1.82) is 0 Å². The molecule has 0 fully saturated rings. The molecule has 0 unspecified atom stereocenters. The minimum atomic E-state index is -1.22. The normalized spacial score (nSPS) is 9.89. The molecule has 0 rings (SSSR count). The van der Waals surface area contributed by atoms with Crippen LogP contribution in [-0.4, -0.2) is 70.7 Å². The van der Waals surface area contributed by atoms with Crippen molar-refractivity contribution in [1.82, 2.24) is 9.80 Å². The first kappa shape index (κ1) is 16.2. The highest BCUT2D eigenvalue weighted by Crippen LogP contribution is 2.00. The molecule has 0 aliphatic rings. The van der Waals surface area contributed by atoms with E-state index < -0.39 is 31.0 Å². The number of nitrogens with zero attached hydrogens (tertiary/aromatic N) is 2. The minimum absolute atomic E-state index is 0.0709. The average molecular weight is 261 g/mol. The first-order chi connectivity index (χ1) is 8.42. The molecule has 0 saturated heterocycles. The van der Waals surface area contributed by atoms with Crippen LogP contribution in [0.3, 0.4) is 0 Å². The zero-order valence-corrected chi connectivity index (χ0v) is 10.3. The molecule has 3 amide bonds. The van der Waals surface area contributed by atoms with Crippen LogP contribution in [0.15, 0.2) is 0 Å². The summed E-state index contributed by atoms with van der Waals surface area (Å²) in [4.78, 5) is 35.6. The van der Waals surface area contributed by atoms with Crippen molar-refractivity contribution in [2.75, 3.05) is 32.8 Å². The maximum absolute atomic E-state index is 12.0. The number of aliphatic carboxylic acids is 1. The molecule has 18 heavy (non-hydrogen) atoms. The number of nitrogens with two attached hydrogens (primary N) is 1. The molecule has 8 nitrogen and oxygen atoms in total. The van der Waals surface area contributed by atoms with E-state index in [0.29, 0.717) is 19.5 Å². The lowest BCUT2D eigenvalue weighted by atomic mass is 10.4.